The third-order valence-electron chi connectivity index (χ3n) is 12.8. The first-order valence-corrected chi connectivity index (χ1v) is 29.0. The lowest BCUT2D eigenvalue weighted by Gasteiger charge is -2.26. The number of unbranched alkanes of at least 4 members (excludes halogenated alkanes) is 36. The quantitative estimate of drug-likeness (QED) is 0.0243. The second-order valence-corrected chi connectivity index (χ2v) is 21.8. The van der Waals surface area contributed by atoms with Gasteiger partial charge in [-0.05, 0) is 38.5 Å². The molecule has 9 heteroatoms. The number of phosphoric ester groups is 1. The van der Waals surface area contributed by atoms with E-state index in [1.54, 1.807) is 0 Å². The summed E-state index contributed by atoms with van der Waals surface area (Å²) in [7, 11) is 1.63. The molecule has 0 aliphatic heterocycles. The largest absolute Gasteiger partial charge is 0.472 e. The van der Waals surface area contributed by atoms with Gasteiger partial charge in [-0.2, -0.15) is 0 Å². The van der Waals surface area contributed by atoms with Gasteiger partial charge < -0.3 is 19.8 Å². The molecule has 0 fully saturated rings. The molecule has 0 aliphatic carbocycles. The highest BCUT2D eigenvalue weighted by molar-refractivity contribution is 7.47. The van der Waals surface area contributed by atoms with Crippen molar-refractivity contribution in [2.24, 2.45) is 0 Å². The number of likely N-dealkylation sites (N-methyl/N-ethyl adjacent to an activating group) is 1. The predicted octanol–water partition coefficient (Wildman–Crippen LogP) is 16.3. The topological polar surface area (TPSA) is 105 Å². The lowest BCUT2D eigenvalue weighted by atomic mass is 10.0. The fourth-order valence-electron chi connectivity index (χ4n) is 8.40. The summed E-state index contributed by atoms with van der Waals surface area (Å²) in [5.74, 6) is -0.141. The van der Waals surface area contributed by atoms with Crippen LogP contribution in [0.2, 0.25) is 0 Å². The highest BCUT2D eigenvalue weighted by Gasteiger charge is 2.28. The summed E-state index contributed by atoms with van der Waals surface area (Å²) in [5.41, 5.74) is 0. The van der Waals surface area contributed by atoms with Crippen molar-refractivity contribution in [3.8, 4) is 0 Å². The van der Waals surface area contributed by atoms with Gasteiger partial charge in [-0.15, -0.1) is 0 Å². The van der Waals surface area contributed by atoms with Crippen LogP contribution in [0.4, 0.5) is 0 Å². The first-order chi connectivity index (χ1) is 30.5. The van der Waals surface area contributed by atoms with Gasteiger partial charge in [0.1, 0.15) is 13.2 Å². The van der Waals surface area contributed by atoms with Crippen LogP contribution in [0.5, 0.6) is 0 Å². The zero-order valence-electron chi connectivity index (χ0n) is 42.8. The zero-order valence-corrected chi connectivity index (χ0v) is 43.7. The molecule has 0 aromatic rings. The molecule has 3 unspecified atom stereocenters. The molecule has 0 saturated heterocycles. The van der Waals surface area contributed by atoms with Crippen molar-refractivity contribution in [2.45, 2.75) is 289 Å². The summed E-state index contributed by atoms with van der Waals surface area (Å²) in [5, 5.41) is 14.0. The second-order valence-electron chi connectivity index (χ2n) is 20.3. The number of carbonyl (C=O) groups is 1. The van der Waals surface area contributed by atoms with E-state index in [4.69, 9.17) is 9.05 Å². The molecule has 0 aromatic heterocycles. The first-order valence-electron chi connectivity index (χ1n) is 27.6. The smallest absolute Gasteiger partial charge is 0.391 e. The number of carbonyl (C=O) groups excluding carboxylic acids is 1. The molecule has 0 spiro atoms. The highest BCUT2D eigenvalue weighted by atomic mass is 31.2. The van der Waals surface area contributed by atoms with Crippen molar-refractivity contribution in [3.63, 3.8) is 0 Å². The number of nitrogens with zero attached hydrogens (tertiary/aromatic N) is 1. The van der Waals surface area contributed by atoms with Crippen molar-refractivity contribution in [1.29, 1.82) is 0 Å². The minimum atomic E-state index is -4.31. The molecule has 3 atom stereocenters. The minimum absolute atomic E-state index is 0.0771. The van der Waals surface area contributed by atoms with Gasteiger partial charge in [0.25, 0.3) is 0 Å². The number of phosphoric acid groups is 1. The number of aliphatic hydroxyl groups is 1. The Morgan fingerprint density at radius 1 is 0.524 bits per heavy atom. The van der Waals surface area contributed by atoms with E-state index in [-0.39, 0.29) is 19.1 Å². The summed E-state index contributed by atoms with van der Waals surface area (Å²) >= 11 is 0. The molecular weight excluding hydrogens is 804 g/mol. The number of amides is 1. The van der Waals surface area contributed by atoms with Crippen LogP contribution in [0.3, 0.4) is 0 Å². The van der Waals surface area contributed by atoms with E-state index < -0.39 is 20.0 Å². The first kappa shape index (κ1) is 62.2. The lowest BCUT2D eigenvalue weighted by molar-refractivity contribution is -0.870. The van der Waals surface area contributed by atoms with Gasteiger partial charge in [0.15, 0.2) is 0 Å². The van der Waals surface area contributed by atoms with Crippen molar-refractivity contribution in [3.05, 3.63) is 12.2 Å². The Kier molecular flexibility index (Phi) is 45.8. The Morgan fingerprint density at radius 2 is 0.857 bits per heavy atom. The van der Waals surface area contributed by atoms with Gasteiger partial charge in [-0.1, -0.05) is 244 Å². The molecule has 0 saturated carbocycles. The third kappa shape index (κ3) is 49.0. The van der Waals surface area contributed by atoms with E-state index in [1.165, 1.54) is 212 Å². The molecule has 3 N–H and O–H groups in total. The SMILES string of the molecule is CCCCCCCCCCCCCC/C=C\CCCCCCCCCCCCCCCCC(=O)NC(COP(=O)(O)OCC[N+](C)(C)C)C(O)CCCCCCCCCCCCC. The zero-order chi connectivity index (χ0) is 46.4. The average Bonchev–Trinajstić information content (AvgIpc) is 3.24. The molecule has 0 bridgehead atoms. The molecule has 0 aromatic carbocycles. The van der Waals surface area contributed by atoms with E-state index in [0.717, 1.165) is 38.5 Å². The predicted molar refractivity (Wildman–Crippen MR) is 272 cm³/mol. The number of quaternary nitrogens is 1. The Balaban J connectivity index is 3.98. The fourth-order valence-corrected chi connectivity index (χ4v) is 9.13. The molecule has 1 amide bonds. The van der Waals surface area contributed by atoms with Gasteiger partial charge in [0, 0.05) is 6.42 Å². The van der Waals surface area contributed by atoms with Crippen LogP contribution >= 0.6 is 7.82 Å². The van der Waals surface area contributed by atoms with Gasteiger partial charge in [-0.3, -0.25) is 13.8 Å². The monoisotopic (exact) mass is 914 g/mol. The molecule has 0 heterocycles. The number of aliphatic hydroxyl groups excluding tert-OH is 1. The maximum Gasteiger partial charge on any atom is 0.472 e. The average molecular weight is 914 g/mol. The summed E-state index contributed by atoms with van der Waals surface area (Å²) < 4.78 is 23.7. The van der Waals surface area contributed by atoms with Gasteiger partial charge >= 0.3 is 7.82 Å². The highest BCUT2D eigenvalue weighted by Crippen LogP contribution is 2.43. The Labute approximate surface area is 392 Å². The summed E-state index contributed by atoms with van der Waals surface area (Å²) in [6, 6.07) is -0.756. The lowest BCUT2D eigenvalue weighted by Crippen LogP contribution is -2.46. The van der Waals surface area contributed by atoms with Crippen LogP contribution < -0.4 is 5.32 Å². The molecule has 8 nitrogen and oxygen atoms in total. The number of allylic oxidation sites excluding steroid dienone is 2. The molecular formula is C54H110N2O6P+. The van der Waals surface area contributed by atoms with Crippen molar-refractivity contribution >= 4 is 13.7 Å². The van der Waals surface area contributed by atoms with Crippen LogP contribution in [0.25, 0.3) is 0 Å². The number of rotatable bonds is 51. The van der Waals surface area contributed by atoms with Gasteiger partial charge in [0.2, 0.25) is 5.91 Å². The van der Waals surface area contributed by atoms with Gasteiger partial charge in [0.05, 0.1) is 39.9 Å². The normalized spacial score (nSPS) is 14.1. The van der Waals surface area contributed by atoms with Crippen molar-refractivity contribution in [2.75, 3.05) is 40.9 Å². The van der Waals surface area contributed by atoms with Crippen LogP contribution in [0.15, 0.2) is 12.2 Å². The van der Waals surface area contributed by atoms with E-state index >= 15 is 0 Å². The standard InChI is InChI=1S/C54H109N2O6P/c1-6-8-10-12-14-16-18-19-20-21-22-23-24-25-26-27-28-29-30-31-32-33-34-35-36-38-40-42-44-46-48-54(58)55-52(51-62-63(59,60)61-50-49-56(3,4)5)53(57)47-45-43-41-39-37-17-15-13-11-9-7-2/h25-26,52-53,57H,6-24,27-51H2,1-5H3,(H-,55,58,59,60)/p+1/b26-25-. The number of nitrogens with one attached hydrogen (secondary N) is 1. The van der Waals surface area contributed by atoms with Crippen LogP contribution in [-0.4, -0.2) is 73.4 Å². The summed E-state index contributed by atoms with van der Waals surface area (Å²) in [6.07, 6.45) is 55.6. The Bertz CT molecular complexity index is 1040. The van der Waals surface area contributed by atoms with Crippen LogP contribution in [0.1, 0.15) is 277 Å². The van der Waals surface area contributed by atoms with Crippen molar-refractivity contribution < 1.29 is 32.9 Å². The molecule has 0 rings (SSSR count). The second kappa shape index (κ2) is 46.4. The Morgan fingerprint density at radius 3 is 1.22 bits per heavy atom. The van der Waals surface area contributed by atoms with E-state index in [2.05, 4.69) is 31.3 Å². The third-order valence-corrected chi connectivity index (χ3v) is 13.7. The summed E-state index contributed by atoms with van der Waals surface area (Å²) in [6.45, 7) is 4.91. The summed E-state index contributed by atoms with van der Waals surface area (Å²) in [4.78, 5) is 23.2. The molecule has 63 heavy (non-hydrogen) atoms. The van der Waals surface area contributed by atoms with Crippen molar-refractivity contribution in [1.82, 2.24) is 5.32 Å². The number of hydrogen-bond acceptors (Lipinski definition) is 5. The van der Waals surface area contributed by atoms with Gasteiger partial charge in [-0.25, -0.2) is 4.57 Å². The molecule has 376 valence electrons. The molecule has 0 radical (unpaired) electrons. The maximum atomic E-state index is 12.9. The Hall–Kier alpha value is -0.760. The van der Waals surface area contributed by atoms with Crippen LogP contribution in [-0.2, 0) is 18.4 Å². The number of hydrogen-bond donors (Lipinski definition) is 3. The molecule has 0 aliphatic rings. The minimum Gasteiger partial charge on any atom is -0.391 e. The van der Waals surface area contributed by atoms with Crippen LogP contribution in [0, 0.1) is 0 Å². The fraction of sp³-hybridized carbons (Fsp3) is 0.944. The van der Waals surface area contributed by atoms with E-state index in [9.17, 15) is 19.4 Å². The van der Waals surface area contributed by atoms with E-state index in [0.29, 0.717) is 23.9 Å². The maximum absolute atomic E-state index is 12.9. The van der Waals surface area contributed by atoms with E-state index in [1.807, 2.05) is 21.1 Å².